The lowest BCUT2D eigenvalue weighted by molar-refractivity contribution is -0.140. The largest absolute Gasteiger partial charge is 0.480 e. The zero-order chi connectivity index (χ0) is 14.5. The van der Waals surface area contributed by atoms with Crippen LogP contribution in [0.3, 0.4) is 0 Å². The number of hydrogen-bond donors (Lipinski definition) is 2. The zero-order valence-corrected chi connectivity index (χ0v) is 13.0. The van der Waals surface area contributed by atoms with Crippen LogP contribution < -0.4 is 5.32 Å². The van der Waals surface area contributed by atoms with E-state index in [4.69, 9.17) is 0 Å². The van der Waals surface area contributed by atoms with Crippen molar-refractivity contribution in [1.82, 2.24) is 10.2 Å². The van der Waals surface area contributed by atoms with E-state index in [0.29, 0.717) is 24.5 Å². The molecule has 20 heavy (non-hydrogen) atoms. The molecule has 0 saturated heterocycles. The van der Waals surface area contributed by atoms with E-state index in [9.17, 15) is 9.90 Å². The van der Waals surface area contributed by atoms with Crippen LogP contribution in [0.25, 0.3) is 0 Å². The number of nitrogens with zero attached hydrogens (tertiary/aromatic N) is 1. The molecule has 0 aromatic heterocycles. The molecular weight excluding hydrogens is 252 g/mol. The van der Waals surface area contributed by atoms with Gasteiger partial charge in [-0.25, -0.2) is 0 Å². The Balaban J connectivity index is 1.90. The van der Waals surface area contributed by atoms with Crippen molar-refractivity contribution < 1.29 is 9.90 Å². The summed E-state index contributed by atoms with van der Waals surface area (Å²) in [6, 6.07) is 0.665. The van der Waals surface area contributed by atoms with Gasteiger partial charge in [0.15, 0.2) is 0 Å². The monoisotopic (exact) mass is 282 g/mol. The van der Waals surface area contributed by atoms with E-state index in [2.05, 4.69) is 24.1 Å². The number of carboxylic acids is 1. The summed E-state index contributed by atoms with van der Waals surface area (Å²) in [5, 5.41) is 12.7. The van der Waals surface area contributed by atoms with E-state index in [1.54, 1.807) is 0 Å². The van der Waals surface area contributed by atoms with E-state index < -0.39 is 12.0 Å². The first-order valence-corrected chi connectivity index (χ1v) is 8.29. The summed E-state index contributed by atoms with van der Waals surface area (Å²) in [4.78, 5) is 13.9. The van der Waals surface area contributed by atoms with Crippen molar-refractivity contribution in [2.24, 2.45) is 5.92 Å². The van der Waals surface area contributed by atoms with Gasteiger partial charge in [0.05, 0.1) is 0 Å². The van der Waals surface area contributed by atoms with Gasteiger partial charge in [0, 0.05) is 18.6 Å². The summed E-state index contributed by atoms with van der Waals surface area (Å²) >= 11 is 0. The number of nitrogens with one attached hydrogen (secondary N) is 1. The maximum atomic E-state index is 11.5. The normalized spacial score (nSPS) is 21.8. The maximum absolute atomic E-state index is 11.5. The average molecular weight is 282 g/mol. The van der Waals surface area contributed by atoms with Crippen LogP contribution in [0, 0.1) is 5.92 Å². The smallest absolute Gasteiger partial charge is 0.322 e. The fourth-order valence-corrected chi connectivity index (χ4v) is 3.09. The molecule has 2 fully saturated rings. The van der Waals surface area contributed by atoms with Crippen molar-refractivity contribution in [2.75, 3.05) is 13.1 Å². The van der Waals surface area contributed by atoms with Gasteiger partial charge in [-0.1, -0.05) is 26.7 Å². The Morgan fingerprint density at radius 2 is 1.90 bits per heavy atom. The molecule has 0 bridgehead atoms. The third-order valence-corrected chi connectivity index (χ3v) is 4.56. The number of hydrogen-bond acceptors (Lipinski definition) is 3. The van der Waals surface area contributed by atoms with Crippen molar-refractivity contribution in [2.45, 2.75) is 76.9 Å². The molecule has 2 N–H and O–H groups in total. The van der Waals surface area contributed by atoms with Crippen LogP contribution in [-0.2, 0) is 4.79 Å². The van der Waals surface area contributed by atoms with E-state index in [-0.39, 0.29) is 0 Å². The standard InChI is InChI=1S/C16H30N2O2/c1-12(2)9-10-18(14-5-3-4-6-14)11-15(16(19)20)17-13-7-8-13/h12-15,17H,3-11H2,1-2H3,(H,19,20). The maximum Gasteiger partial charge on any atom is 0.322 e. The third kappa shape index (κ3) is 5.06. The Kier molecular flexibility index (Phi) is 5.85. The van der Waals surface area contributed by atoms with Gasteiger partial charge in [-0.05, 0) is 44.6 Å². The van der Waals surface area contributed by atoms with Gasteiger partial charge < -0.3 is 10.4 Å². The van der Waals surface area contributed by atoms with Gasteiger partial charge in [0.25, 0.3) is 0 Å². The molecule has 2 aliphatic carbocycles. The molecule has 0 amide bonds. The molecule has 0 radical (unpaired) electrons. The fraction of sp³-hybridized carbons (Fsp3) is 0.938. The van der Waals surface area contributed by atoms with Gasteiger partial charge in [0.1, 0.15) is 6.04 Å². The Hall–Kier alpha value is -0.610. The number of rotatable bonds is 9. The van der Waals surface area contributed by atoms with Crippen molar-refractivity contribution in [3.8, 4) is 0 Å². The molecule has 2 saturated carbocycles. The molecule has 0 aromatic carbocycles. The van der Waals surface area contributed by atoms with Crippen molar-refractivity contribution >= 4 is 5.97 Å². The minimum absolute atomic E-state index is 0.393. The van der Waals surface area contributed by atoms with E-state index in [0.717, 1.165) is 25.8 Å². The molecule has 0 aromatic rings. The summed E-state index contributed by atoms with van der Waals surface area (Å²) in [5.74, 6) is -0.0111. The van der Waals surface area contributed by atoms with Crippen molar-refractivity contribution in [3.05, 3.63) is 0 Å². The summed E-state index contributed by atoms with van der Waals surface area (Å²) in [6.07, 6.45) is 8.53. The van der Waals surface area contributed by atoms with Crippen LogP contribution in [0.5, 0.6) is 0 Å². The second-order valence-corrected chi connectivity index (χ2v) is 6.95. The summed E-state index contributed by atoms with van der Waals surface area (Å²) in [5.41, 5.74) is 0. The predicted octanol–water partition coefficient (Wildman–Crippen LogP) is 2.48. The lowest BCUT2D eigenvalue weighted by Crippen LogP contribution is -2.49. The van der Waals surface area contributed by atoms with Gasteiger partial charge in [-0.2, -0.15) is 0 Å². The second kappa shape index (κ2) is 7.41. The molecule has 1 unspecified atom stereocenters. The van der Waals surface area contributed by atoms with E-state index in [1.165, 1.54) is 25.7 Å². The first-order chi connectivity index (χ1) is 9.56. The molecule has 2 aliphatic rings. The number of carboxylic acid groups (broad SMARTS) is 1. The molecule has 1 atom stereocenters. The van der Waals surface area contributed by atoms with Crippen molar-refractivity contribution in [1.29, 1.82) is 0 Å². The quantitative estimate of drug-likeness (QED) is 0.682. The van der Waals surface area contributed by atoms with Crippen LogP contribution in [0.1, 0.15) is 58.8 Å². The molecule has 2 rings (SSSR count). The van der Waals surface area contributed by atoms with Crippen LogP contribution in [0.4, 0.5) is 0 Å². The van der Waals surface area contributed by atoms with E-state index >= 15 is 0 Å². The zero-order valence-electron chi connectivity index (χ0n) is 13.0. The SMILES string of the molecule is CC(C)CCN(CC(NC1CC1)C(=O)O)C1CCCC1. The minimum atomic E-state index is -0.690. The van der Waals surface area contributed by atoms with Gasteiger partial charge in [-0.3, -0.25) is 9.69 Å². The number of aliphatic carboxylic acids is 1. The highest BCUT2D eigenvalue weighted by atomic mass is 16.4. The first-order valence-electron chi connectivity index (χ1n) is 8.29. The Bertz CT molecular complexity index is 310. The van der Waals surface area contributed by atoms with Gasteiger partial charge in [0.2, 0.25) is 0 Å². The topological polar surface area (TPSA) is 52.6 Å². The highest BCUT2D eigenvalue weighted by Crippen LogP contribution is 2.25. The molecule has 0 heterocycles. The summed E-state index contributed by atoms with van der Waals surface area (Å²) in [7, 11) is 0. The average Bonchev–Trinajstić information content (AvgIpc) is 3.03. The second-order valence-electron chi connectivity index (χ2n) is 6.95. The van der Waals surface area contributed by atoms with Crippen LogP contribution >= 0.6 is 0 Å². The summed E-state index contributed by atoms with van der Waals surface area (Å²) < 4.78 is 0. The van der Waals surface area contributed by atoms with E-state index in [1.807, 2.05) is 0 Å². The molecular formula is C16H30N2O2. The minimum Gasteiger partial charge on any atom is -0.480 e. The van der Waals surface area contributed by atoms with Gasteiger partial charge in [-0.15, -0.1) is 0 Å². The molecule has 4 nitrogen and oxygen atoms in total. The van der Waals surface area contributed by atoms with Crippen LogP contribution in [0.2, 0.25) is 0 Å². The Morgan fingerprint density at radius 3 is 2.40 bits per heavy atom. The predicted molar refractivity (Wildman–Crippen MR) is 80.9 cm³/mol. The highest BCUT2D eigenvalue weighted by molar-refractivity contribution is 5.73. The fourth-order valence-electron chi connectivity index (χ4n) is 3.09. The first kappa shape index (κ1) is 15.8. The molecule has 4 heteroatoms. The Labute approximate surface area is 122 Å². The molecule has 0 aliphatic heterocycles. The highest BCUT2D eigenvalue weighted by Gasteiger charge is 2.32. The van der Waals surface area contributed by atoms with Crippen LogP contribution in [0.15, 0.2) is 0 Å². The third-order valence-electron chi connectivity index (χ3n) is 4.56. The number of carbonyl (C=O) groups is 1. The molecule has 0 spiro atoms. The lowest BCUT2D eigenvalue weighted by atomic mass is 10.1. The Morgan fingerprint density at radius 1 is 1.25 bits per heavy atom. The summed E-state index contributed by atoms with van der Waals surface area (Å²) in [6.45, 7) is 6.19. The van der Waals surface area contributed by atoms with Crippen LogP contribution in [-0.4, -0.2) is 47.2 Å². The van der Waals surface area contributed by atoms with Crippen molar-refractivity contribution in [3.63, 3.8) is 0 Å². The lowest BCUT2D eigenvalue weighted by Gasteiger charge is -2.32. The van der Waals surface area contributed by atoms with Gasteiger partial charge >= 0.3 is 5.97 Å². The molecule has 116 valence electrons.